The molecular formula is C23H18F4N6O3S. The summed E-state index contributed by atoms with van der Waals surface area (Å²) in [6.45, 7) is 2.35. The molecule has 5 heterocycles. The third-order valence-corrected chi connectivity index (χ3v) is 6.57. The average molecular weight is 534 g/mol. The number of aromatic nitrogens is 5. The van der Waals surface area contributed by atoms with Gasteiger partial charge in [0.1, 0.15) is 23.8 Å². The molecule has 0 saturated heterocycles. The Bertz CT molecular complexity index is 1540. The van der Waals surface area contributed by atoms with E-state index in [1.54, 1.807) is 29.8 Å². The number of amides is 1. The van der Waals surface area contributed by atoms with Gasteiger partial charge < -0.3 is 18.8 Å². The summed E-state index contributed by atoms with van der Waals surface area (Å²) in [5.41, 5.74) is 0.875. The van der Waals surface area contributed by atoms with Crippen LogP contribution in [0.1, 0.15) is 21.2 Å². The Morgan fingerprint density at radius 1 is 1.16 bits per heavy atom. The van der Waals surface area contributed by atoms with Crippen LogP contribution in [0, 0.1) is 12.7 Å². The van der Waals surface area contributed by atoms with E-state index in [-0.39, 0.29) is 60.5 Å². The number of carbonyl (C=O) groups is 1. The number of carbonyl (C=O) groups excluding carboxylic acids is 1. The number of rotatable bonds is 6. The standard InChI is InChI=1S/C23H18F4N6O3S/c1-13-10-32(12-29-13)17-2-3-18-20(34)31(4-5-33(18)21(17)35)6-7-36-19-15(8-14(24)9-28-19)16-11-37-22(30-16)23(25,26)27/h2-3,8-12H,4-7H2,1H3. The van der Waals surface area contributed by atoms with E-state index >= 15 is 0 Å². The number of fused-ring (bicyclic) bond motifs is 1. The van der Waals surface area contributed by atoms with Crippen LogP contribution in [-0.2, 0) is 12.7 Å². The monoisotopic (exact) mass is 534 g/mol. The van der Waals surface area contributed by atoms with Crippen LogP contribution >= 0.6 is 11.3 Å². The number of halogens is 4. The van der Waals surface area contributed by atoms with Gasteiger partial charge >= 0.3 is 6.18 Å². The van der Waals surface area contributed by atoms with Gasteiger partial charge in [0.05, 0.1) is 36.0 Å². The van der Waals surface area contributed by atoms with Crippen molar-refractivity contribution < 1.29 is 27.1 Å². The molecule has 14 heteroatoms. The Morgan fingerprint density at radius 3 is 2.68 bits per heavy atom. The fraction of sp³-hybridized carbons (Fsp3) is 0.261. The van der Waals surface area contributed by atoms with Gasteiger partial charge in [-0.05, 0) is 25.1 Å². The van der Waals surface area contributed by atoms with E-state index in [0.717, 1.165) is 23.3 Å². The highest BCUT2D eigenvalue weighted by Crippen LogP contribution is 2.36. The summed E-state index contributed by atoms with van der Waals surface area (Å²) >= 11 is 0.380. The smallest absolute Gasteiger partial charge is 0.443 e. The van der Waals surface area contributed by atoms with Crippen LogP contribution in [-0.4, -0.2) is 54.6 Å². The Balaban J connectivity index is 1.30. The fourth-order valence-corrected chi connectivity index (χ4v) is 4.62. The van der Waals surface area contributed by atoms with Crippen LogP contribution in [0.2, 0.25) is 0 Å². The number of alkyl halides is 3. The summed E-state index contributed by atoms with van der Waals surface area (Å²) in [4.78, 5) is 38.9. The second-order valence-corrected chi connectivity index (χ2v) is 9.02. The predicted octanol–water partition coefficient (Wildman–Crippen LogP) is 3.55. The van der Waals surface area contributed by atoms with Gasteiger partial charge in [0, 0.05) is 24.7 Å². The largest absolute Gasteiger partial charge is 0.475 e. The quantitative estimate of drug-likeness (QED) is 0.351. The Hall–Kier alpha value is -4.07. The highest BCUT2D eigenvalue weighted by atomic mass is 32.1. The van der Waals surface area contributed by atoms with E-state index in [1.807, 2.05) is 0 Å². The van der Waals surface area contributed by atoms with Crippen molar-refractivity contribution in [2.75, 3.05) is 19.7 Å². The fourth-order valence-electron chi connectivity index (χ4n) is 3.93. The normalized spacial score (nSPS) is 13.6. The summed E-state index contributed by atoms with van der Waals surface area (Å²) < 4.78 is 61.3. The van der Waals surface area contributed by atoms with Gasteiger partial charge in [0.25, 0.3) is 11.5 Å². The molecular weight excluding hydrogens is 516 g/mol. The first-order valence-corrected chi connectivity index (χ1v) is 11.9. The molecule has 9 nitrogen and oxygen atoms in total. The van der Waals surface area contributed by atoms with Crippen molar-refractivity contribution in [3.8, 4) is 22.8 Å². The lowest BCUT2D eigenvalue weighted by Crippen LogP contribution is -2.46. The maximum absolute atomic E-state index is 13.8. The third kappa shape index (κ3) is 4.83. The topological polar surface area (TPSA) is 95.1 Å². The van der Waals surface area contributed by atoms with Gasteiger partial charge in [-0.25, -0.2) is 19.3 Å². The zero-order chi connectivity index (χ0) is 26.3. The molecule has 0 radical (unpaired) electrons. The molecule has 5 rings (SSSR count). The minimum atomic E-state index is -4.63. The van der Waals surface area contributed by atoms with Gasteiger partial charge in [-0.3, -0.25) is 9.59 Å². The van der Waals surface area contributed by atoms with Crippen molar-refractivity contribution >= 4 is 17.2 Å². The van der Waals surface area contributed by atoms with Crippen LogP contribution < -0.4 is 10.3 Å². The number of aryl methyl sites for hydroxylation is 1. The lowest BCUT2D eigenvalue weighted by atomic mass is 10.2. The molecule has 0 N–H and O–H groups in total. The summed E-state index contributed by atoms with van der Waals surface area (Å²) in [6.07, 6.45) is -0.508. The summed E-state index contributed by atoms with van der Waals surface area (Å²) in [6, 6.07) is 4.12. The molecule has 4 aromatic heterocycles. The zero-order valence-electron chi connectivity index (χ0n) is 19.2. The number of thiazole rings is 1. The molecule has 4 aromatic rings. The van der Waals surface area contributed by atoms with Crippen LogP contribution in [0.5, 0.6) is 5.88 Å². The highest BCUT2D eigenvalue weighted by molar-refractivity contribution is 7.10. The molecule has 0 aliphatic carbocycles. The SMILES string of the molecule is Cc1cn(-c2ccc3n(c2=O)CCN(CCOc2ncc(F)cc2-c2csc(C(F)(F)F)n2)C3=O)cn1. The number of nitrogens with zero attached hydrogens (tertiary/aromatic N) is 6. The van der Waals surface area contributed by atoms with Crippen LogP contribution in [0.3, 0.4) is 0 Å². The van der Waals surface area contributed by atoms with Gasteiger partial charge in [0.15, 0.2) is 5.01 Å². The average Bonchev–Trinajstić information content (AvgIpc) is 3.51. The molecule has 1 aliphatic rings. The summed E-state index contributed by atoms with van der Waals surface area (Å²) in [7, 11) is 0. The second kappa shape index (κ2) is 9.42. The van der Waals surface area contributed by atoms with Gasteiger partial charge in [-0.15, -0.1) is 11.3 Å². The maximum Gasteiger partial charge on any atom is 0.443 e. The van der Waals surface area contributed by atoms with Crippen LogP contribution in [0.15, 0.2) is 47.1 Å². The molecule has 0 fully saturated rings. The van der Waals surface area contributed by atoms with Crippen molar-refractivity contribution in [1.82, 2.24) is 29.0 Å². The lowest BCUT2D eigenvalue weighted by Gasteiger charge is -2.29. The number of imidazole rings is 1. The Labute approximate surface area is 210 Å². The van der Waals surface area contributed by atoms with E-state index in [1.165, 1.54) is 15.8 Å². The number of hydrogen-bond donors (Lipinski definition) is 0. The third-order valence-electron chi connectivity index (χ3n) is 5.68. The van der Waals surface area contributed by atoms with E-state index in [4.69, 9.17) is 4.74 Å². The number of ether oxygens (including phenoxy) is 1. The Kier molecular flexibility index (Phi) is 6.27. The molecule has 0 spiro atoms. The van der Waals surface area contributed by atoms with Crippen LogP contribution in [0.4, 0.5) is 17.6 Å². The van der Waals surface area contributed by atoms with Crippen molar-refractivity contribution in [2.24, 2.45) is 0 Å². The maximum atomic E-state index is 13.8. The molecule has 192 valence electrons. The molecule has 0 atom stereocenters. The molecule has 0 unspecified atom stereocenters. The number of pyridine rings is 2. The molecule has 1 amide bonds. The van der Waals surface area contributed by atoms with Gasteiger partial charge in [-0.2, -0.15) is 13.2 Å². The van der Waals surface area contributed by atoms with E-state index in [2.05, 4.69) is 15.0 Å². The predicted molar refractivity (Wildman–Crippen MR) is 124 cm³/mol. The first-order valence-electron chi connectivity index (χ1n) is 11.0. The Morgan fingerprint density at radius 2 is 1.97 bits per heavy atom. The summed E-state index contributed by atoms with van der Waals surface area (Å²) in [5, 5.41) is 0.0748. The molecule has 37 heavy (non-hydrogen) atoms. The minimum Gasteiger partial charge on any atom is -0.475 e. The van der Waals surface area contributed by atoms with Crippen molar-refractivity contribution in [3.63, 3.8) is 0 Å². The first-order chi connectivity index (χ1) is 17.6. The van der Waals surface area contributed by atoms with E-state index in [0.29, 0.717) is 17.0 Å². The molecule has 0 bridgehead atoms. The van der Waals surface area contributed by atoms with Crippen molar-refractivity contribution in [1.29, 1.82) is 0 Å². The summed E-state index contributed by atoms with van der Waals surface area (Å²) in [5.74, 6) is -1.24. The molecule has 0 saturated carbocycles. The van der Waals surface area contributed by atoms with Crippen molar-refractivity contribution in [3.05, 3.63) is 74.9 Å². The van der Waals surface area contributed by atoms with Crippen molar-refractivity contribution in [2.45, 2.75) is 19.6 Å². The second-order valence-electron chi connectivity index (χ2n) is 8.17. The highest BCUT2D eigenvalue weighted by Gasteiger charge is 2.35. The van der Waals surface area contributed by atoms with Crippen LogP contribution in [0.25, 0.3) is 16.9 Å². The van der Waals surface area contributed by atoms with Gasteiger partial charge in [-0.1, -0.05) is 0 Å². The van der Waals surface area contributed by atoms with E-state index < -0.39 is 17.0 Å². The first kappa shape index (κ1) is 24.6. The zero-order valence-corrected chi connectivity index (χ0v) is 20.0. The van der Waals surface area contributed by atoms with Gasteiger partial charge in [0.2, 0.25) is 5.88 Å². The molecule has 0 aromatic carbocycles. The lowest BCUT2D eigenvalue weighted by molar-refractivity contribution is -0.137. The number of hydrogen-bond acceptors (Lipinski definition) is 7. The minimum absolute atomic E-state index is 0.0316. The molecule has 1 aliphatic heterocycles. The van der Waals surface area contributed by atoms with E-state index in [9.17, 15) is 27.2 Å².